The van der Waals surface area contributed by atoms with Crippen LogP contribution in [0.2, 0.25) is 0 Å². The van der Waals surface area contributed by atoms with Crippen molar-refractivity contribution in [3.05, 3.63) is 0 Å². The summed E-state index contributed by atoms with van der Waals surface area (Å²) in [7, 11) is 0. The van der Waals surface area contributed by atoms with Gasteiger partial charge < -0.3 is 4.74 Å². The van der Waals surface area contributed by atoms with Gasteiger partial charge in [0.25, 0.3) is 0 Å². The van der Waals surface area contributed by atoms with Crippen molar-refractivity contribution in [1.82, 2.24) is 4.90 Å². The van der Waals surface area contributed by atoms with E-state index in [-0.39, 0.29) is 23.6 Å². The number of rotatable bonds is 3. The topological polar surface area (TPSA) is 58.7 Å². The molecule has 0 aromatic rings. The summed E-state index contributed by atoms with van der Waals surface area (Å²) >= 11 is 0. The zero-order chi connectivity index (χ0) is 14.1. The molecule has 1 heterocycles. The van der Waals surface area contributed by atoms with Gasteiger partial charge in [-0.15, -0.1) is 0 Å². The van der Waals surface area contributed by atoms with Crippen LogP contribution in [0.25, 0.3) is 0 Å². The number of isocyanates is 1. The second-order valence-corrected chi connectivity index (χ2v) is 6.24. The van der Waals surface area contributed by atoms with E-state index in [9.17, 15) is 14.0 Å². The van der Waals surface area contributed by atoms with E-state index in [0.717, 1.165) is 12.8 Å². The summed E-state index contributed by atoms with van der Waals surface area (Å²) in [6, 6.07) is -0.0970. The molecule has 1 saturated heterocycles. The number of halogens is 1. The molecule has 0 aromatic carbocycles. The van der Waals surface area contributed by atoms with Gasteiger partial charge >= 0.3 is 6.09 Å². The first-order valence-electron chi connectivity index (χ1n) is 6.50. The van der Waals surface area contributed by atoms with E-state index in [1.807, 2.05) is 0 Å². The van der Waals surface area contributed by atoms with E-state index < -0.39 is 12.8 Å². The maximum atomic E-state index is 12.0. The Labute approximate surface area is 111 Å². The minimum absolute atomic E-state index is 0.0123. The second kappa shape index (κ2) is 4.93. The molecule has 19 heavy (non-hydrogen) atoms. The SMILES string of the molecule is CC1(C)CC(N=C=O)CC2(CN2C(=O)OCCF)C1. The van der Waals surface area contributed by atoms with Crippen LogP contribution in [0.1, 0.15) is 33.1 Å². The smallest absolute Gasteiger partial charge is 0.410 e. The molecule has 0 aromatic heterocycles. The van der Waals surface area contributed by atoms with Gasteiger partial charge in [0.2, 0.25) is 6.08 Å². The predicted octanol–water partition coefficient (Wildman–Crippen LogP) is 2.06. The van der Waals surface area contributed by atoms with Crippen LogP contribution >= 0.6 is 0 Å². The van der Waals surface area contributed by atoms with Crippen LogP contribution in [0.3, 0.4) is 0 Å². The molecule has 2 aliphatic rings. The van der Waals surface area contributed by atoms with Gasteiger partial charge in [0, 0.05) is 6.54 Å². The maximum Gasteiger partial charge on any atom is 0.410 e. The number of ether oxygens (including phenoxy) is 1. The van der Waals surface area contributed by atoms with Crippen LogP contribution < -0.4 is 0 Å². The highest BCUT2D eigenvalue weighted by Crippen LogP contribution is 2.52. The highest BCUT2D eigenvalue weighted by atomic mass is 19.1. The number of hydrogen-bond acceptors (Lipinski definition) is 4. The van der Waals surface area contributed by atoms with E-state index in [2.05, 4.69) is 18.8 Å². The van der Waals surface area contributed by atoms with E-state index >= 15 is 0 Å². The summed E-state index contributed by atoms with van der Waals surface area (Å²) in [6.07, 6.45) is 3.48. The largest absolute Gasteiger partial charge is 0.447 e. The Morgan fingerprint density at radius 2 is 2.26 bits per heavy atom. The average molecular weight is 270 g/mol. The lowest BCUT2D eigenvalue weighted by Crippen LogP contribution is -2.40. The minimum Gasteiger partial charge on any atom is -0.447 e. The van der Waals surface area contributed by atoms with Crippen LogP contribution in [0.4, 0.5) is 9.18 Å². The predicted molar refractivity (Wildman–Crippen MR) is 66.3 cm³/mol. The van der Waals surface area contributed by atoms with E-state index in [1.165, 1.54) is 0 Å². The van der Waals surface area contributed by atoms with E-state index in [1.54, 1.807) is 11.0 Å². The number of amides is 1. The molecular formula is C13H19FN2O3. The average Bonchev–Trinajstić information content (AvgIpc) is 2.97. The van der Waals surface area contributed by atoms with Crippen LogP contribution in [0, 0.1) is 5.41 Å². The second-order valence-electron chi connectivity index (χ2n) is 6.24. The molecule has 6 heteroatoms. The molecule has 1 aliphatic carbocycles. The lowest BCUT2D eigenvalue weighted by atomic mass is 9.69. The third-order valence-corrected chi connectivity index (χ3v) is 3.89. The summed E-state index contributed by atoms with van der Waals surface area (Å²) in [5, 5.41) is 0. The van der Waals surface area contributed by atoms with Crippen molar-refractivity contribution in [2.45, 2.75) is 44.7 Å². The zero-order valence-corrected chi connectivity index (χ0v) is 11.3. The fraction of sp³-hybridized carbons (Fsp3) is 0.846. The number of nitrogens with zero attached hydrogens (tertiary/aromatic N) is 2. The molecule has 2 unspecified atom stereocenters. The quantitative estimate of drug-likeness (QED) is 0.448. The van der Waals surface area contributed by atoms with Crippen LogP contribution in [0.5, 0.6) is 0 Å². The first-order chi connectivity index (χ1) is 8.92. The van der Waals surface area contributed by atoms with Crippen molar-refractivity contribution >= 4 is 12.2 Å². The van der Waals surface area contributed by atoms with Gasteiger partial charge in [-0.25, -0.2) is 19.0 Å². The fourth-order valence-electron chi connectivity index (χ4n) is 3.40. The van der Waals surface area contributed by atoms with Gasteiger partial charge in [-0.1, -0.05) is 13.8 Å². The molecule has 1 saturated carbocycles. The summed E-state index contributed by atoms with van der Waals surface area (Å²) < 4.78 is 16.8. The number of carbonyl (C=O) groups excluding carboxylic acids is 2. The first-order valence-corrected chi connectivity index (χ1v) is 6.50. The molecule has 0 bridgehead atoms. The molecule has 1 spiro atoms. The monoisotopic (exact) mass is 270 g/mol. The molecule has 0 radical (unpaired) electrons. The Hall–Kier alpha value is -1.42. The van der Waals surface area contributed by atoms with Crippen LogP contribution in [-0.2, 0) is 9.53 Å². The molecule has 2 rings (SSSR count). The lowest BCUT2D eigenvalue weighted by Gasteiger charge is -2.38. The van der Waals surface area contributed by atoms with E-state index in [0.29, 0.717) is 13.0 Å². The zero-order valence-electron chi connectivity index (χ0n) is 11.3. The Morgan fingerprint density at radius 1 is 1.53 bits per heavy atom. The number of carbonyl (C=O) groups is 1. The van der Waals surface area contributed by atoms with Crippen molar-refractivity contribution < 1.29 is 18.7 Å². The third-order valence-electron chi connectivity index (χ3n) is 3.89. The Balaban J connectivity index is 2.04. The number of hydrogen-bond donors (Lipinski definition) is 0. The summed E-state index contributed by atoms with van der Waals surface area (Å²) in [6.45, 7) is 3.93. The lowest BCUT2D eigenvalue weighted by molar-refractivity contribution is 0.100. The normalized spacial score (nSPS) is 31.7. The standard InChI is InChI=1S/C13H19FN2O3/c1-12(2)5-10(15-9-17)6-13(7-12)8-16(13)11(18)19-4-3-14/h10H,3-8H2,1-2H3. The van der Waals surface area contributed by atoms with Crippen LogP contribution in [0.15, 0.2) is 4.99 Å². The summed E-state index contributed by atoms with van der Waals surface area (Å²) in [4.78, 5) is 27.6. The molecule has 2 atom stereocenters. The Morgan fingerprint density at radius 3 is 2.89 bits per heavy atom. The molecule has 5 nitrogen and oxygen atoms in total. The Bertz CT molecular complexity index is 420. The molecule has 106 valence electrons. The summed E-state index contributed by atoms with van der Waals surface area (Å²) in [5.41, 5.74) is -0.251. The van der Waals surface area contributed by atoms with Crippen molar-refractivity contribution in [3.8, 4) is 0 Å². The molecule has 2 fully saturated rings. The van der Waals surface area contributed by atoms with Crippen molar-refractivity contribution in [1.29, 1.82) is 0 Å². The molecule has 0 N–H and O–H groups in total. The van der Waals surface area contributed by atoms with Gasteiger partial charge in [-0.2, -0.15) is 0 Å². The highest BCUT2D eigenvalue weighted by molar-refractivity contribution is 5.72. The van der Waals surface area contributed by atoms with E-state index in [4.69, 9.17) is 4.74 Å². The molecular weight excluding hydrogens is 251 g/mol. The van der Waals surface area contributed by atoms with Crippen LogP contribution in [-0.4, -0.2) is 48.5 Å². The number of aliphatic imine (C=N–C) groups is 1. The molecule has 1 amide bonds. The fourth-order valence-corrected chi connectivity index (χ4v) is 3.40. The van der Waals surface area contributed by atoms with Crippen molar-refractivity contribution in [2.24, 2.45) is 10.4 Å². The van der Waals surface area contributed by atoms with Crippen molar-refractivity contribution in [2.75, 3.05) is 19.8 Å². The van der Waals surface area contributed by atoms with Gasteiger partial charge in [0.15, 0.2) is 0 Å². The van der Waals surface area contributed by atoms with Crippen molar-refractivity contribution in [3.63, 3.8) is 0 Å². The number of alkyl halides is 1. The van der Waals surface area contributed by atoms with Gasteiger partial charge in [-0.05, 0) is 24.7 Å². The maximum absolute atomic E-state index is 12.0. The van der Waals surface area contributed by atoms with Gasteiger partial charge in [0.05, 0.1) is 11.6 Å². The van der Waals surface area contributed by atoms with Gasteiger partial charge in [-0.3, -0.25) is 4.90 Å². The highest BCUT2D eigenvalue weighted by Gasteiger charge is 2.60. The minimum atomic E-state index is -0.671. The first kappa shape index (κ1) is 14.0. The summed E-state index contributed by atoms with van der Waals surface area (Å²) in [5.74, 6) is 0. The third kappa shape index (κ3) is 2.95. The van der Waals surface area contributed by atoms with Gasteiger partial charge in [0.1, 0.15) is 13.3 Å². The Kier molecular flexibility index (Phi) is 3.63. The molecule has 1 aliphatic heterocycles.